The van der Waals surface area contributed by atoms with E-state index in [1.165, 1.54) is 0 Å². The van der Waals surface area contributed by atoms with Crippen LogP contribution in [0.15, 0.2) is 317 Å². The van der Waals surface area contributed by atoms with Crippen molar-refractivity contribution < 1.29 is 19.2 Å². The Kier molecular flexibility index (Phi) is 22.6. The monoisotopic (exact) mass is 1920 g/mol. The molecule has 0 radical (unpaired) electrons. The van der Waals surface area contributed by atoms with Crippen molar-refractivity contribution in [2.75, 3.05) is 10.6 Å². The average molecular weight is 1930 g/mol. The summed E-state index contributed by atoms with van der Waals surface area (Å²) in [6.45, 7) is 1.96. The minimum absolute atomic E-state index is 0.0898. The molecule has 2 aliphatic carbocycles. The number of imidazole rings is 4. The first-order valence-corrected chi connectivity index (χ1v) is 47.9. The second-order valence-corrected chi connectivity index (χ2v) is 36.4. The van der Waals surface area contributed by atoms with E-state index in [2.05, 4.69) is 163 Å². The molecule has 34 nitrogen and oxygen atoms in total. The summed E-state index contributed by atoms with van der Waals surface area (Å²) < 4.78 is 0. The molecule has 14 N–H and O–H groups in total. The molecule has 0 bridgehead atoms. The number of nitrogens with zero attached hydrogens (tertiary/aromatic N) is 17. The first-order chi connectivity index (χ1) is 72.3. The Morgan fingerprint density at radius 2 is 0.673 bits per heavy atom. The van der Waals surface area contributed by atoms with Gasteiger partial charge in [-0.3, -0.25) is 64.5 Å². The highest BCUT2D eigenvalue weighted by atomic mass is 16.2. The van der Waals surface area contributed by atoms with Gasteiger partial charge in [0.05, 0.1) is 77.7 Å². The second kappa shape index (κ2) is 37.5. The lowest BCUT2D eigenvalue weighted by atomic mass is 9.91. The van der Waals surface area contributed by atoms with E-state index < -0.39 is 0 Å². The molecule has 34 heteroatoms. The number of benzene rings is 9. The minimum Gasteiger partial charge on any atom is -0.349 e. The molecule has 17 aromatic heterocycles. The molecular weight excluding hydrogens is 1840 g/mol. The normalized spacial score (nSPS) is 13.6. The predicted octanol–water partition coefficient (Wildman–Crippen LogP) is 21.0. The number of fused-ring (bicyclic) bond motifs is 12. The summed E-state index contributed by atoms with van der Waals surface area (Å²) in [4.78, 5) is 125. The Balaban J connectivity index is 0.000000102. The number of anilines is 2. The van der Waals surface area contributed by atoms with Crippen molar-refractivity contribution in [2.45, 2.75) is 63.6 Å². The Hall–Kier alpha value is -20.0. The highest BCUT2D eigenvalue weighted by Crippen LogP contribution is 2.41. The van der Waals surface area contributed by atoms with Gasteiger partial charge in [0.2, 0.25) is 0 Å². The van der Waals surface area contributed by atoms with Gasteiger partial charge < -0.3 is 46.9 Å². The number of hydrogen-bond acceptors (Lipinski definition) is 22. The van der Waals surface area contributed by atoms with Crippen LogP contribution in [0.1, 0.15) is 85.5 Å². The van der Waals surface area contributed by atoms with Crippen molar-refractivity contribution in [3.8, 4) is 90.6 Å². The van der Waals surface area contributed by atoms with Crippen molar-refractivity contribution in [1.29, 1.82) is 0 Å². The third-order valence-electron chi connectivity index (χ3n) is 26.9. The van der Waals surface area contributed by atoms with Gasteiger partial charge in [-0.1, -0.05) is 140 Å². The van der Waals surface area contributed by atoms with E-state index in [1.54, 1.807) is 36.7 Å². The van der Waals surface area contributed by atoms with Crippen LogP contribution in [0.5, 0.6) is 0 Å². The van der Waals surface area contributed by atoms with Crippen LogP contribution in [0.2, 0.25) is 0 Å². The van der Waals surface area contributed by atoms with E-state index in [4.69, 9.17) is 25.7 Å². The number of aromatic nitrogens is 25. The molecule has 147 heavy (non-hydrogen) atoms. The van der Waals surface area contributed by atoms with Gasteiger partial charge in [-0.05, 0) is 164 Å². The smallest absolute Gasteiger partial charge is 0.257 e. The largest absolute Gasteiger partial charge is 0.349 e. The van der Waals surface area contributed by atoms with E-state index >= 15 is 0 Å². The molecule has 2 aliphatic rings. The second-order valence-electron chi connectivity index (χ2n) is 36.4. The summed E-state index contributed by atoms with van der Waals surface area (Å²) in [5.41, 5.74) is 28.7. The minimum atomic E-state index is -0.268. The summed E-state index contributed by atoms with van der Waals surface area (Å²) in [6, 6.07) is 74.8. The van der Waals surface area contributed by atoms with Crippen LogP contribution in [0.4, 0.5) is 11.4 Å². The SMILES string of the molecule is Cc1ccccc1NC(=O)c1cccc2[nH]c(-c3n[nH]c4ncc(-c5cncc6ccccc56)cc34)nc12.NC1CCC(NC(=O)c2cccc3[nH]c(-c4[nH]nc5ncc(-c6cncc7ccccc67)cc45)nc23)CC1.O=C(NC1CC1)c1cccc2[nH]c(-c3[nH]nc4ncc(-c5cncc6ccccc56)cc34)nc12.O=C(Nc1cccnc1)c1cccc2[nH]c(-c3n[nH]c4ncc(-c5cncc6ccccc56)cc34)nc12. The molecule has 9 aromatic carbocycles. The molecule has 0 aliphatic heterocycles. The van der Waals surface area contributed by atoms with Crippen LogP contribution in [0, 0.1) is 6.92 Å². The third-order valence-corrected chi connectivity index (χ3v) is 26.9. The van der Waals surface area contributed by atoms with Gasteiger partial charge in [0.1, 0.15) is 44.8 Å². The fraction of sp³-hybridized carbons (Fsp3) is 0.0885. The number of aromatic amines is 8. The molecule has 17 heterocycles. The zero-order chi connectivity index (χ0) is 98.7. The molecule has 0 atom stereocenters. The summed E-state index contributed by atoms with van der Waals surface area (Å²) in [5.74, 6) is 1.61. The molecule has 2 fully saturated rings. The number of para-hydroxylation sites is 5. The number of pyridine rings is 9. The first-order valence-electron chi connectivity index (χ1n) is 47.9. The molecule has 710 valence electrons. The van der Waals surface area contributed by atoms with Crippen LogP contribution in [-0.2, 0) is 0 Å². The van der Waals surface area contributed by atoms with E-state index in [0.717, 1.165) is 187 Å². The van der Waals surface area contributed by atoms with Crippen LogP contribution >= 0.6 is 0 Å². The zero-order valence-corrected chi connectivity index (χ0v) is 78.3. The van der Waals surface area contributed by atoms with Crippen LogP contribution in [-0.4, -0.2) is 167 Å². The quantitative estimate of drug-likeness (QED) is 0.0427. The fourth-order valence-corrected chi connectivity index (χ4v) is 19.2. The van der Waals surface area contributed by atoms with Gasteiger partial charge in [0.25, 0.3) is 23.6 Å². The Morgan fingerprint density at radius 1 is 0.313 bits per heavy atom. The van der Waals surface area contributed by atoms with Crippen molar-refractivity contribution in [1.82, 2.24) is 136 Å². The van der Waals surface area contributed by atoms with Crippen molar-refractivity contribution in [2.24, 2.45) is 5.73 Å². The highest BCUT2D eigenvalue weighted by molar-refractivity contribution is 6.15. The van der Waals surface area contributed by atoms with Crippen LogP contribution < -0.4 is 27.0 Å². The highest BCUT2D eigenvalue weighted by Gasteiger charge is 2.30. The third kappa shape index (κ3) is 17.2. The number of nitrogens with one attached hydrogen (secondary N) is 12. The summed E-state index contributed by atoms with van der Waals surface area (Å²) in [7, 11) is 0. The fourth-order valence-electron chi connectivity index (χ4n) is 19.2. The van der Waals surface area contributed by atoms with Gasteiger partial charge in [-0.15, -0.1) is 0 Å². The molecule has 2 saturated carbocycles. The Bertz CT molecular complexity index is 9660. The maximum atomic E-state index is 13.2. The Morgan fingerprint density at radius 3 is 1.07 bits per heavy atom. The number of nitrogens with two attached hydrogens (primary N) is 1. The van der Waals surface area contributed by atoms with Gasteiger partial charge in [0, 0.05) is 170 Å². The van der Waals surface area contributed by atoms with Crippen molar-refractivity contribution in [3.05, 3.63) is 345 Å². The van der Waals surface area contributed by atoms with Gasteiger partial charge in [0.15, 0.2) is 45.9 Å². The van der Waals surface area contributed by atoms with Gasteiger partial charge in [-0.25, -0.2) is 39.9 Å². The number of amides is 4. The molecule has 0 spiro atoms. The van der Waals surface area contributed by atoms with E-state index in [1.807, 2.05) is 251 Å². The molecular formula is C113H84N30O4. The van der Waals surface area contributed by atoms with Crippen molar-refractivity contribution >= 4 is 166 Å². The number of hydrogen-bond donors (Lipinski definition) is 13. The summed E-state index contributed by atoms with van der Waals surface area (Å²) >= 11 is 0. The van der Waals surface area contributed by atoms with E-state index in [-0.39, 0.29) is 41.8 Å². The Labute approximate surface area is 832 Å². The molecule has 0 saturated heterocycles. The molecule has 0 unspecified atom stereocenters. The van der Waals surface area contributed by atoms with Crippen LogP contribution in [0.25, 0.3) is 222 Å². The lowest BCUT2D eigenvalue weighted by molar-refractivity contribution is 0.0924. The number of aryl methyl sites for hydroxylation is 1. The standard InChI is InChI=1S/C30H21N7O.C29H26N8O.C28H18N8O.C26H19N7O/c1-17-7-2-5-11-24(17)34-30(38)21-10-6-12-25-26(21)35-29(33-25)27-22-13-19(15-32-28(22)37-36-27)23-16-31-14-18-8-3-4-9-20(18)23;30-18-8-10-19(11-9-18)33-29(38)21-6-3-7-24-25(21)35-28(34-24)26-22-12-17(14-32-27(22)37-36-26)23-15-31-13-16-4-1-2-5-20(16)23;37-28(32-18-6-4-10-29-14-18)20-8-3-9-23-24(20)34-27(33-23)25-21-11-17(13-31-26(21)36-35-25)22-15-30-12-16-5-1-2-7-19(16)22;34-26(29-16-8-9-16)18-6-3-7-21-22(18)31-25(30-21)23-19-10-15(12-28-24(19)33-32-23)20-13-27-11-14-4-1-2-5-17(14)20/h2-16H,1H3,(H,33,35)(H,34,38)(H,32,36,37);1-7,12-15,18-19H,8-11,30H2,(H,33,38)(H,34,35)(H,32,36,37);1-15H,(H,32,37)(H,33,34)(H,31,35,36);1-7,10-13,16H,8-9H2,(H,29,34)(H,30,31)(H,28,32,33). The van der Waals surface area contributed by atoms with E-state index in [0.29, 0.717) is 113 Å². The maximum absolute atomic E-state index is 13.2. The summed E-state index contributed by atoms with van der Waals surface area (Å²) in [6.07, 6.45) is 31.1. The summed E-state index contributed by atoms with van der Waals surface area (Å²) in [5, 5.41) is 54.0. The number of carbonyl (C=O) groups excluding carboxylic acids is 4. The zero-order valence-electron chi connectivity index (χ0n) is 78.3. The van der Waals surface area contributed by atoms with E-state index in [9.17, 15) is 19.2 Å². The number of carbonyl (C=O) groups is 4. The van der Waals surface area contributed by atoms with Crippen molar-refractivity contribution in [3.63, 3.8) is 0 Å². The van der Waals surface area contributed by atoms with Crippen LogP contribution in [0.3, 0.4) is 0 Å². The lowest BCUT2D eigenvalue weighted by Crippen LogP contribution is -2.40. The molecule has 28 rings (SSSR count). The average Bonchev–Trinajstić information content (AvgIpc) is 1.65. The predicted molar refractivity (Wildman–Crippen MR) is 568 cm³/mol. The first kappa shape index (κ1) is 88.4. The number of H-pyrrole nitrogens is 8. The topological polar surface area (TPSA) is 488 Å². The van der Waals surface area contributed by atoms with Gasteiger partial charge >= 0.3 is 0 Å². The molecule has 4 amide bonds. The van der Waals surface area contributed by atoms with Gasteiger partial charge in [-0.2, -0.15) is 20.4 Å². The maximum Gasteiger partial charge on any atom is 0.257 e. The molecule has 26 aromatic rings. The lowest BCUT2D eigenvalue weighted by Gasteiger charge is -2.26. The number of rotatable bonds is 16.